The lowest BCUT2D eigenvalue weighted by molar-refractivity contribution is -0.116. The van der Waals surface area contributed by atoms with E-state index in [2.05, 4.69) is 56.1 Å². The molecule has 0 unspecified atom stereocenters. The summed E-state index contributed by atoms with van der Waals surface area (Å²) in [5, 5.41) is 0. The fourth-order valence-corrected chi connectivity index (χ4v) is 2.75. The summed E-state index contributed by atoms with van der Waals surface area (Å²) in [6.45, 7) is 10.4. The molecule has 0 saturated carbocycles. The summed E-state index contributed by atoms with van der Waals surface area (Å²) in [6.07, 6.45) is 3.73. The van der Waals surface area contributed by atoms with Gasteiger partial charge in [-0.2, -0.15) is 0 Å². The number of rotatable bonds is 4. The van der Waals surface area contributed by atoms with Gasteiger partial charge in [-0.1, -0.05) is 45.0 Å². The van der Waals surface area contributed by atoms with Gasteiger partial charge in [0.05, 0.1) is 0 Å². The minimum absolute atomic E-state index is 0.00925. The van der Waals surface area contributed by atoms with E-state index in [-0.39, 0.29) is 11.2 Å². The van der Waals surface area contributed by atoms with Gasteiger partial charge in [-0.15, -0.1) is 0 Å². The van der Waals surface area contributed by atoms with Crippen molar-refractivity contribution in [2.45, 2.75) is 47.1 Å². The van der Waals surface area contributed by atoms with Crippen LogP contribution >= 0.6 is 0 Å². The second-order valence-corrected chi connectivity index (χ2v) is 6.35. The van der Waals surface area contributed by atoms with Crippen LogP contribution in [0.15, 0.2) is 36.0 Å². The Morgan fingerprint density at radius 2 is 2.00 bits per heavy atom. The highest BCUT2D eigenvalue weighted by Crippen LogP contribution is 2.36. The Morgan fingerprint density at radius 1 is 1.30 bits per heavy atom. The van der Waals surface area contributed by atoms with Gasteiger partial charge in [0, 0.05) is 31.3 Å². The van der Waals surface area contributed by atoms with Crippen LogP contribution in [0.25, 0.3) is 0 Å². The van der Waals surface area contributed by atoms with E-state index in [0.717, 1.165) is 25.1 Å². The number of hydrogen-bond acceptors (Lipinski definition) is 2. The van der Waals surface area contributed by atoms with Gasteiger partial charge in [0.1, 0.15) is 0 Å². The van der Waals surface area contributed by atoms with E-state index in [1.54, 1.807) is 0 Å². The van der Waals surface area contributed by atoms with Gasteiger partial charge in [0.25, 0.3) is 0 Å². The summed E-state index contributed by atoms with van der Waals surface area (Å²) in [5.74, 6) is 0.282. The number of carbonyl (C=O) groups excluding carboxylic acids is 1. The molecule has 0 atom stereocenters. The maximum absolute atomic E-state index is 12.2. The lowest BCUT2D eigenvalue weighted by atomic mass is 9.77. The van der Waals surface area contributed by atoms with Crippen LogP contribution in [0.1, 0.15) is 44.7 Å². The summed E-state index contributed by atoms with van der Waals surface area (Å²) in [6, 6.07) is 8.47. The smallest absolute Gasteiger partial charge is 0.160 e. The Kier molecular flexibility index (Phi) is 4.32. The van der Waals surface area contributed by atoms with Crippen LogP contribution in [0.5, 0.6) is 0 Å². The van der Waals surface area contributed by atoms with Crippen molar-refractivity contribution in [3.63, 3.8) is 0 Å². The number of hydrogen-bond donors (Lipinski definition) is 0. The van der Waals surface area contributed by atoms with Gasteiger partial charge in [0.15, 0.2) is 5.78 Å². The second-order valence-electron chi connectivity index (χ2n) is 6.35. The fourth-order valence-electron chi connectivity index (χ4n) is 2.75. The second kappa shape index (κ2) is 5.82. The first kappa shape index (κ1) is 14.8. The third-order valence-electron chi connectivity index (χ3n) is 4.32. The third kappa shape index (κ3) is 3.12. The highest BCUT2D eigenvalue weighted by atomic mass is 16.1. The molecule has 0 amide bonds. The molecular weight excluding hydrogens is 246 g/mol. The van der Waals surface area contributed by atoms with Gasteiger partial charge in [-0.05, 0) is 29.9 Å². The van der Waals surface area contributed by atoms with Crippen LogP contribution in [0.3, 0.4) is 0 Å². The average Bonchev–Trinajstić information content (AvgIpc) is 2.42. The summed E-state index contributed by atoms with van der Waals surface area (Å²) >= 11 is 0. The molecule has 0 fully saturated rings. The molecule has 1 aromatic carbocycles. The predicted molar refractivity (Wildman–Crippen MR) is 83.4 cm³/mol. The summed E-state index contributed by atoms with van der Waals surface area (Å²) in [7, 11) is 0. The van der Waals surface area contributed by atoms with Crippen molar-refractivity contribution in [1.29, 1.82) is 0 Å². The molecule has 2 heteroatoms. The molecule has 0 aromatic heterocycles. The van der Waals surface area contributed by atoms with Crippen molar-refractivity contribution in [3.8, 4) is 0 Å². The molecule has 2 rings (SSSR count). The normalized spacial score (nSPS) is 17.8. The Balaban J connectivity index is 2.22. The Morgan fingerprint density at radius 3 is 2.65 bits per heavy atom. The van der Waals surface area contributed by atoms with Crippen molar-refractivity contribution >= 4 is 5.78 Å². The first-order valence-corrected chi connectivity index (χ1v) is 7.48. The average molecular weight is 271 g/mol. The maximum atomic E-state index is 12.2. The third-order valence-corrected chi connectivity index (χ3v) is 4.32. The van der Waals surface area contributed by atoms with E-state index < -0.39 is 0 Å². The van der Waals surface area contributed by atoms with Crippen LogP contribution in [0.2, 0.25) is 0 Å². The predicted octanol–water partition coefficient (Wildman–Crippen LogP) is 4.09. The van der Waals surface area contributed by atoms with Gasteiger partial charge in [-0.3, -0.25) is 4.79 Å². The zero-order valence-electron chi connectivity index (χ0n) is 13.1. The Labute approximate surface area is 122 Å². The monoisotopic (exact) mass is 271 g/mol. The molecule has 0 N–H and O–H groups in total. The number of ketones is 1. The summed E-state index contributed by atoms with van der Waals surface area (Å²) in [4.78, 5) is 14.4. The molecule has 0 aliphatic carbocycles. The van der Waals surface area contributed by atoms with Gasteiger partial charge >= 0.3 is 0 Å². The van der Waals surface area contributed by atoms with Crippen LogP contribution in [0, 0.1) is 12.3 Å². The zero-order valence-corrected chi connectivity index (χ0v) is 13.1. The summed E-state index contributed by atoms with van der Waals surface area (Å²) in [5.41, 5.74) is 3.65. The topological polar surface area (TPSA) is 20.3 Å². The number of Topliss-reactive ketones (excluding diaryl/α,β-unsaturated/α-hetero) is 1. The van der Waals surface area contributed by atoms with E-state index in [1.165, 1.54) is 11.1 Å². The molecule has 1 heterocycles. The molecule has 108 valence electrons. The van der Waals surface area contributed by atoms with Gasteiger partial charge < -0.3 is 4.90 Å². The number of benzene rings is 1. The number of allylic oxidation sites excluding steroid dienone is 1. The minimum atomic E-state index is 0.00925. The molecule has 0 bridgehead atoms. The quantitative estimate of drug-likeness (QED) is 0.822. The zero-order chi connectivity index (χ0) is 14.8. The summed E-state index contributed by atoms with van der Waals surface area (Å²) < 4.78 is 0. The molecule has 1 aromatic rings. The van der Waals surface area contributed by atoms with Crippen LogP contribution in [-0.4, -0.2) is 17.2 Å². The molecule has 2 nitrogen and oxygen atoms in total. The largest absolute Gasteiger partial charge is 0.373 e. The first-order chi connectivity index (χ1) is 9.44. The molecule has 0 spiro atoms. The van der Waals surface area contributed by atoms with Crippen molar-refractivity contribution in [1.82, 2.24) is 4.90 Å². The van der Waals surface area contributed by atoms with Crippen LogP contribution in [0.4, 0.5) is 0 Å². The highest BCUT2D eigenvalue weighted by Gasteiger charge is 2.31. The number of aryl methyl sites for hydroxylation is 1. The molecular formula is C18H25NO. The molecule has 1 aliphatic heterocycles. The van der Waals surface area contributed by atoms with E-state index in [0.29, 0.717) is 6.42 Å². The lowest BCUT2D eigenvalue weighted by Crippen LogP contribution is -2.34. The minimum Gasteiger partial charge on any atom is -0.373 e. The Hall–Kier alpha value is -1.57. The van der Waals surface area contributed by atoms with Crippen molar-refractivity contribution in [3.05, 3.63) is 47.2 Å². The van der Waals surface area contributed by atoms with Gasteiger partial charge in [-0.25, -0.2) is 0 Å². The first-order valence-electron chi connectivity index (χ1n) is 7.48. The van der Waals surface area contributed by atoms with E-state index >= 15 is 0 Å². The van der Waals surface area contributed by atoms with Crippen LogP contribution in [-0.2, 0) is 11.3 Å². The van der Waals surface area contributed by atoms with Crippen LogP contribution < -0.4 is 0 Å². The van der Waals surface area contributed by atoms with E-state index in [1.807, 2.05) is 6.92 Å². The number of nitrogens with zero attached hydrogens (tertiary/aromatic N) is 1. The van der Waals surface area contributed by atoms with Gasteiger partial charge in [0.2, 0.25) is 0 Å². The van der Waals surface area contributed by atoms with E-state index in [9.17, 15) is 4.79 Å². The fraction of sp³-hybridized carbons (Fsp3) is 0.500. The standard InChI is InChI=1S/C18H25NO/c1-5-17(20)16-13-19(11-10-18(16,3)4)12-15-9-7-6-8-14(15)2/h6-9,13H,5,10-12H2,1-4H3. The lowest BCUT2D eigenvalue weighted by Gasteiger charge is -2.37. The number of carbonyl (C=O) groups is 1. The maximum Gasteiger partial charge on any atom is 0.160 e. The molecule has 0 radical (unpaired) electrons. The molecule has 0 saturated heterocycles. The molecule has 20 heavy (non-hydrogen) atoms. The van der Waals surface area contributed by atoms with Crippen molar-refractivity contribution < 1.29 is 4.79 Å². The highest BCUT2D eigenvalue weighted by molar-refractivity contribution is 5.96. The van der Waals surface area contributed by atoms with Crippen molar-refractivity contribution in [2.24, 2.45) is 5.41 Å². The van der Waals surface area contributed by atoms with E-state index in [4.69, 9.17) is 0 Å². The molecule has 1 aliphatic rings. The Bertz CT molecular complexity index is 528. The SMILES string of the molecule is CCC(=O)C1=CN(Cc2ccccc2C)CCC1(C)C. The van der Waals surface area contributed by atoms with Crippen molar-refractivity contribution in [2.75, 3.05) is 6.54 Å².